The SMILES string of the molecule is CCN1CCN(c2nc(C)cc(NC(C)(C)C)n2)CC1. The zero-order valence-corrected chi connectivity index (χ0v) is 13.4. The fraction of sp³-hybridized carbons (Fsp3) is 0.733. The third-order valence-corrected chi connectivity index (χ3v) is 3.45. The van der Waals surface area contributed by atoms with E-state index in [1.54, 1.807) is 0 Å². The van der Waals surface area contributed by atoms with Crippen LogP contribution in [-0.4, -0.2) is 53.1 Å². The molecule has 20 heavy (non-hydrogen) atoms. The van der Waals surface area contributed by atoms with E-state index in [2.05, 4.69) is 52.8 Å². The first-order chi connectivity index (χ1) is 9.37. The second kappa shape index (κ2) is 5.95. The van der Waals surface area contributed by atoms with Crippen molar-refractivity contribution in [1.82, 2.24) is 14.9 Å². The standard InChI is InChI=1S/C15H27N5/c1-6-19-7-9-20(10-8-19)14-16-12(2)11-13(17-14)18-15(3,4)5/h11H,6-10H2,1-5H3,(H,16,17,18). The Kier molecular flexibility index (Phi) is 4.48. The lowest BCUT2D eigenvalue weighted by atomic mass is 10.1. The van der Waals surface area contributed by atoms with Gasteiger partial charge in [-0.1, -0.05) is 6.92 Å². The monoisotopic (exact) mass is 277 g/mol. The minimum Gasteiger partial charge on any atom is -0.365 e. The van der Waals surface area contributed by atoms with Crippen LogP contribution in [0.15, 0.2) is 6.07 Å². The summed E-state index contributed by atoms with van der Waals surface area (Å²) in [5.74, 6) is 1.77. The van der Waals surface area contributed by atoms with E-state index < -0.39 is 0 Å². The average Bonchev–Trinajstić information content (AvgIpc) is 2.36. The van der Waals surface area contributed by atoms with Crippen LogP contribution in [0.25, 0.3) is 0 Å². The zero-order chi connectivity index (χ0) is 14.8. The molecule has 0 unspecified atom stereocenters. The quantitative estimate of drug-likeness (QED) is 0.917. The second-order valence-electron chi connectivity index (χ2n) is 6.49. The number of hydrogen-bond acceptors (Lipinski definition) is 5. The molecular formula is C15H27N5. The minimum absolute atomic E-state index is 0.0129. The third-order valence-electron chi connectivity index (χ3n) is 3.45. The van der Waals surface area contributed by atoms with E-state index in [4.69, 9.17) is 0 Å². The van der Waals surface area contributed by atoms with E-state index in [1.807, 2.05) is 13.0 Å². The first kappa shape index (κ1) is 15.0. The molecule has 1 aromatic rings. The largest absolute Gasteiger partial charge is 0.365 e. The predicted octanol–water partition coefficient (Wildman–Crippen LogP) is 2.14. The molecule has 2 heterocycles. The van der Waals surface area contributed by atoms with Crippen LogP contribution >= 0.6 is 0 Å². The molecule has 0 aromatic carbocycles. The van der Waals surface area contributed by atoms with Crippen molar-refractivity contribution in [3.8, 4) is 0 Å². The first-order valence-corrected chi connectivity index (χ1v) is 7.48. The molecule has 112 valence electrons. The van der Waals surface area contributed by atoms with E-state index in [0.717, 1.165) is 50.2 Å². The molecule has 2 rings (SSSR count). The fourth-order valence-electron chi connectivity index (χ4n) is 2.41. The molecule has 5 heteroatoms. The Morgan fingerprint density at radius 1 is 1.15 bits per heavy atom. The van der Waals surface area contributed by atoms with Crippen molar-refractivity contribution in [3.63, 3.8) is 0 Å². The van der Waals surface area contributed by atoms with Crippen LogP contribution in [0.5, 0.6) is 0 Å². The van der Waals surface area contributed by atoms with Gasteiger partial charge in [-0.3, -0.25) is 0 Å². The van der Waals surface area contributed by atoms with Gasteiger partial charge in [-0.15, -0.1) is 0 Å². The fourth-order valence-corrected chi connectivity index (χ4v) is 2.41. The van der Waals surface area contributed by atoms with E-state index in [0.29, 0.717) is 0 Å². The Hall–Kier alpha value is -1.36. The lowest BCUT2D eigenvalue weighted by Crippen LogP contribution is -2.46. The van der Waals surface area contributed by atoms with Crippen LogP contribution in [0.4, 0.5) is 11.8 Å². The lowest BCUT2D eigenvalue weighted by Gasteiger charge is -2.34. The Labute approximate surface area is 122 Å². The van der Waals surface area contributed by atoms with Gasteiger partial charge >= 0.3 is 0 Å². The minimum atomic E-state index is 0.0129. The second-order valence-corrected chi connectivity index (χ2v) is 6.49. The molecule has 0 amide bonds. The van der Waals surface area contributed by atoms with Gasteiger partial charge in [0.2, 0.25) is 5.95 Å². The Bertz CT molecular complexity index is 444. The van der Waals surface area contributed by atoms with Crippen molar-refractivity contribution in [3.05, 3.63) is 11.8 Å². The molecule has 1 aromatic heterocycles. The van der Waals surface area contributed by atoms with Crippen LogP contribution in [0.1, 0.15) is 33.4 Å². The molecule has 1 N–H and O–H groups in total. The number of anilines is 2. The van der Waals surface area contributed by atoms with Crippen molar-refractivity contribution < 1.29 is 0 Å². The van der Waals surface area contributed by atoms with Crippen molar-refractivity contribution in [2.75, 3.05) is 42.9 Å². The summed E-state index contributed by atoms with van der Waals surface area (Å²) in [6, 6.07) is 2.01. The topological polar surface area (TPSA) is 44.3 Å². The summed E-state index contributed by atoms with van der Waals surface area (Å²) >= 11 is 0. The molecule has 5 nitrogen and oxygen atoms in total. The van der Waals surface area contributed by atoms with Gasteiger partial charge in [0.25, 0.3) is 0 Å². The molecular weight excluding hydrogens is 250 g/mol. The molecule has 1 fully saturated rings. The smallest absolute Gasteiger partial charge is 0.227 e. The van der Waals surface area contributed by atoms with Crippen molar-refractivity contribution in [2.24, 2.45) is 0 Å². The Morgan fingerprint density at radius 2 is 1.80 bits per heavy atom. The maximum atomic E-state index is 4.68. The summed E-state index contributed by atoms with van der Waals surface area (Å²) in [5, 5.41) is 3.43. The normalized spacial score (nSPS) is 17.4. The number of rotatable bonds is 3. The van der Waals surface area contributed by atoms with Crippen LogP contribution in [0.2, 0.25) is 0 Å². The maximum absolute atomic E-state index is 4.68. The van der Waals surface area contributed by atoms with Crippen molar-refractivity contribution >= 4 is 11.8 Å². The summed E-state index contributed by atoms with van der Waals surface area (Å²) in [6.07, 6.45) is 0. The van der Waals surface area contributed by atoms with Gasteiger partial charge in [0.1, 0.15) is 5.82 Å². The van der Waals surface area contributed by atoms with E-state index >= 15 is 0 Å². The average molecular weight is 277 g/mol. The molecule has 0 atom stereocenters. The van der Waals surface area contributed by atoms with Crippen LogP contribution in [-0.2, 0) is 0 Å². The Morgan fingerprint density at radius 3 is 2.35 bits per heavy atom. The third kappa shape index (κ3) is 4.07. The van der Waals surface area contributed by atoms with Gasteiger partial charge in [-0.2, -0.15) is 4.98 Å². The summed E-state index contributed by atoms with van der Waals surface area (Å²) < 4.78 is 0. The highest BCUT2D eigenvalue weighted by atomic mass is 15.3. The number of aryl methyl sites for hydroxylation is 1. The zero-order valence-electron chi connectivity index (χ0n) is 13.4. The van der Waals surface area contributed by atoms with Crippen LogP contribution in [0, 0.1) is 6.92 Å². The van der Waals surface area contributed by atoms with Gasteiger partial charge in [0.15, 0.2) is 0 Å². The number of likely N-dealkylation sites (N-methyl/N-ethyl adjacent to an activating group) is 1. The number of aromatic nitrogens is 2. The molecule has 1 aliphatic rings. The van der Waals surface area contributed by atoms with Crippen molar-refractivity contribution in [2.45, 2.75) is 40.2 Å². The Balaban J connectivity index is 2.12. The van der Waals surface area contributed by atoms with Gasteiger partial charge in [0.05, 0.1) is 0 Å². The highest BCUT2D eigenvalue weighted by molar-refractivity contribution is 5.45. The molecule has 0 aliphatic carbocycles. The number of nitrogens with zero attached hydrogens (tertiary/aromatic N) is 4. The predicted molar refractivity (Wildman–Crippen MR) is 84.5 cm³/mol. The van der Waals surface area contributed by atoms with Crippen LogP contribution in [0.3, 0.4) is 0 Å². The van der Waals surface area contributed by atoms with E-state index in [1.165, 1.54) is 0 Å². The highest BCUT2D eigenvalue weighted by Gasteiger charge is 2.19. The highest BCUT2D eigenvalue weighted by Crippen LogP contribution is 2.18. The summed E-state index contributed by atoms with van der Waals surface area (Å²) in [7, 11) is 0. The summed E-state index contributed by atoms with van der Waals surface area (Å²) in [5.41, 5.74) is 1.03. The van der Waals surface area contributed by atoms with Gasteiger partial charge in [0, 0.05) is 43.5 Å². The van der Waals surface area contributed by atoms with Gasteiger partial charge in [-0.25, -0.2) is 4.98 Å². The van der Waals surface area contributed by atoms with E-state index in [9.17, 15) is 0 Å². The number of nitrogens with one attached hydrogen (secondary N) is 1. The van der Waals surface area contributed by atoms with Crippen LogP contribution < -0.4 is 10.2 Å². The number of piperazine rings is 1. The van der Waals surface area contributed by atoms with Crippen molar-refractivity contribution in [1.29, 1.82) is 0 Å². The molecule has 0 spiro atoms. The summed E-state index contributed by atoms with van der Waals surface area (Å²) in [6.45, 7) is 16.0. The molecule has 0 bridgehead atoms. The van der Waals surface area contributed by atoms with Gasteiger partial charge < -0.3 is 15.1 Å². The first-order valence-electron chi connectivity index (χ1n) is 7.48. The lowest BCUT2D eigenvalue weighted by molar-refractivity contribution is 0.270. The molecule has 1 aliphatic heterocycles. The summed E-state index contributed by atoms with van der Waals surface area (Å²) in [4.78, 5) is 14.0. The molecule has 1 saturated heterocycles. The molecule has 0 radical (unpaired) electrons. The molecule has 0 saturated carbocycles. The maximum Gasteiger partial charge on any atom is 0.227 e. The van der Waals surface area contributed by atoms with E-state index in [-0.39, 0.29) is 5.54 Å². The number of hydrogen-bond donors (Lipinski definition) is 1. The van der Waals surface area contributed by atoms with Gasteiger partial charge in [-0.05, 0) is 34.2 Å².